The minimum atomic E-state index is -0.906. The van der Waals surface area contributed by atoms with Gasteiger partial charge < -0.3 is 14.8 Å². The third-order valence-electron chi connectivity index (χ3n) is 3.29. The van der Waals surface area contributed by atoms with E-state index in [9.17, 15) is 9.90 Å². The van der Waals surface area contributed by atoms with Gasteiger partial charge >= 0.3 is 5.97 Å². The van der Waals surface area contributed by atoms with Gasteiger partial charge in [0.25, 0.3) is 0 Å². The molecule has 0 atom stereocenters. The van der Waals surface area contributed by atoms with Gasteiger partial charge in [0.05, 0.1) is 11.1 Å². The smallest absolute Gasteiger partial charge is 0.337 e. The van der Waals surface area contributed by atoms with Crippen LogP contribution in [0.3, 0.4) is 0 Å². The molecule has 0 aliphatic rings. The lowest BCUT2D eigenvalue weighted by atomic mass is 10.1. The molecule has 0 aliphatic carbocycles. The molecule has 1 aromatic heterocycles. The first-order valence-corrected chi connectivity index (χ1v) is 6.64. The van der Waals surface area contributed by atoms with E-state index in [4.69, 9.17) is 5.11 Å². The summed E-state index contributed by atoms with van der Waals surface area (Å²) in [6, 6.07) is 5.40. The Hall–Kier alpha value is -1.81. The van der Waals surface area contributed by atoms with Gasteiger partial charge in [-0.25, -0.2) is 4.79 Å². The number of aryl methyl sites for hydroxylation is 2. The highest BCUT2D eigenvalue weighted by Gasteiger charge is 2.15. The van der Waals surface area contributed by atoms with E-state index in [1.54, 1.807) is 12.1 Å². The average molecular weight is 261 g/mol. The van der Waals surface area contributed by atoms with Gasteiger partial charge in [0.2, 0.25) is 0 Å². The molecule has 0 bridgehead atoms. The highest BCUT2D eigenvalue weighted by atomic mass is 16.4. The molecule has 0 saturated carbocycles. The average Bonchev–Trinajstić information content (AvgIpc) is 2.75. The number of rotatable bonds is 6. The molecule has 0 aliphatic heterocycles. The van der Waals surface area contributed by atoms with Crippen molar-refractivity contribution in [3.63, 3.8) is 0 Å². The van der Waals surface area contributed by atoms with Crippen molar-refractivity contribution in [2.75, 3.05) is 6.61 Å². The molecule has 19 heavy (non-hydrogen) atoms. The van der Waals surface area contributed by atoms with Gasteiger partial charge in [0.1, 0.15) is 0 Å². The second-order valence-corrected chi connectivity index (χ2v) is 4.68. The third kappa shape index (κ3) is 2.63. The quantitative estimate of drug-likeness (QED) is 0.840. The van der Waals surface area contributed by atoms with Crippen LogP contribution in [0.4, 0.5) is 0 Å². The Morgan fingerprint density at radius 2 is 2.16 bits per heavy atom. The maximum Gasteiger partial charge on any atom is 0.337 e. The van der Waals surface area contributed by atoms with E-state index in [1.165, 1.54) is 5.56 Å². The van der Waals surface area contributed by atoms with E-state index >= 15 is 0 Å². The molecule has 0 fully saturated rings. The predicted molar refractivity (Wildman–Crippen MR) is 74.6 cm³/mol. The number of hydrogen-bond donors (Lipinski definition) is 2. The fourth-order valence-corrected chi connectivity index (χ4v) is 2.49. The molecule has 2 rings (SSSR count). The molecule has 1 heterocycles. The molecule has 0 amide bonds. The Bertz CT molecular complexity index is 586. The minimum absolute atomic E-state index is 0.109. The van der Waals surface area contributed by atoms with Gasteiger partial charge in [-0.1, -0.05) is 25.5 Å². The number of carboxylic acids is 1. The minimum Gasteiger partial charge on any atom is -0.478 e. The number of nitrogens with zero attached hydrogens (tertiary/aromatic N) is 1. The van der Waals surface area contributed by atoms with E-state index in [1.807, 2.05) is 16.8 Å². The van der Waals surface area contributed by atoms with Gasteiger partial charge in [0.15, 0.2) is 0 Å². The molecule has 1 aromatic carbocycles. The van der Waals surface area contributed by atoms with E-state index in [2.05, 4.69) is 6.92 Å². The lowest BCUT2D eigenvalue weighted by Gasteiger charge is -2.06. The number of para-hydroxylation sites is 1. The number of carbonyl (C=O) groups is 1. The molecule has 4 heteroatoms. The van der Waals surface area contributed by atoms with Crippen molar-refractivity contribution in [3.8, 4) is 0 Å². The van der Waals surface area contributed by atoms with Crippen LogP contribution in [0, 0.1) is 0 Å². The highest BCUT2D eigenvalue weighted by molar-refractivity contribution is 6.03. The number of hydrogen-bond acceptors (Lipinski definition) is 2. The number of aromatic nitrogens is 1. The molecule has 0 radical (unpaired) electrons. The van der Waals surface area contributed by atoms with Crippen molar-refractivity contribution in [1.29, 1.82) is 0 Å². The zero-order valence-electron chi connectivity index (χ0n) is 11.1. The first-order chi connectivity index (χ1) is 9.19. The van der Waals surface area contributed by atoms with E-state index in [-0.39, 0.29) is 6.61 Å². The first kappa shape index (κ1) is 13.6. The molecule has 4 nitrogen and oxygen atoms in total. The predicted octanol–water partition coefficient (Wildman–Crippen LogP) is 2.67. The second kappa shape index (κ2) is 5.89. The van der Waals surface area contributed by atoms with Crippen LogP contribution in [0.1, 0.15) is 35.7 Å². The molecular weight excluding hydrogens is 242 g/mol. The Labute approximate surface area is 112 Å². The molecular formula is C15H19NO3. The van der Waals surface area contributed by atoms with E-state index in [0.717, 1.165) is 23.7 Å². The summed E-state index contributed by atoms with van der Waals surface area (Å²) in [5.74, 6) is -0.906. The molecule has 0 saturated heterocycles. The largest absolute Gasteiger partial charge is 0.478 e. The van der Waals surface area contributed by atoms with E-state index < -0.39 is 5.97 Å². The lowest BCUT2D eigenvalue weighted by molar-refractivity contribution is 0.0698. The summed E-state index contributed by atoms with van der Waals surface area (Å²) < 4.78 is 1.96. The fraction of sp³-hybridized carbons (Fsp3) is 0.400. The summed E-state index contributed by atoms with van der Waals surface area (Å²) in [7, 11) is 0. The van der Waals surface area contributed by atoms with Crippen LogP contribution in [0.5, 0.6) is 0 Å². The van der Waals surface area contributed by atoms with Crippen LogP contribution in [0.15, 0.2) is 24.4 Å². The van der Waals surface area contributed by atoms with Crippen LogP contribution in [-0.2, 0) is 13.0 Å². The normalized spacial score (nSPS) is 11.1. The van der Waals surface area contributed by atoms with Gasteiger partial charge in [-0.05, 0) is 24.5 Å². The zero-order chi connectivity index (χ0) is 13.8. The van der Waals surface area contributed by atoms with Gasteiger partial charge in [-0.2, -0.15) is 0 Å². The van der Waals surface area contributed by atoms with Crippen molar-refractivity contribution < 1.29 is 15.0 Å². The SMILES string of the molecule is CCCc1cn(CCCO)c2c(C(=O)O)cccc12. The molecule has 2 aromatic rings. The summed E-state index contributed by atoms with van der Waals surface area (Å²) in [6.07, 6.45) is 4.61. The van der Waals surface area contributed by atoms with Gasteiger partial charge in [-0.3, -0.25) is 0 Å². The maximum atomic E-state index is 11.3. The van der Waals surface area contributed by atoms with Gasteiger partial charge in [0, 0.05) is 24.7 Å². The standard InChI is InChI=1S/C15H19NO3/c1-2-5-11-10-16(8-4-9-17)14-12(11)6-3-7-13(14)15(18)19/h3,6-7,10,17H,2,4-5,8-9H2,1H3,(H,18,19). The summed E-state index contributed by atoms with van der Waals surface area (Å²) >= 11 is 0. The van der Waals surface area contributed by atoms with Crippen molar-refractivity contribution in [2.24, 2.45) is 0 Å². The maximum absolute atomic E-state index is 11.3. The zero-order valence-corrected chi connectivity index (χ0v) is 11.1. The Morgan fingerprint density at radius 3 is 2.79 bits per heavy atom. The van der Waals surface area contributed by atoms with Crippen LogP contribution >= 0.6 is 0 Å². The molecule has 0 unspecified atom stereocenters. The fourth-order valence-electron chi connectivity index (χ4n) is 2.49. The Kier molecular flexibility index (Phi) is 4.22. The second-order valence-electron chi connectivity index (χ2n) is 4.68. The van der Waals surface area contributed by atoms with Crippen molar-refractivity contribution in [2.45, 2.75) is 32.7 Å². The van der Waals surface area contributed by atoms with Crippen molar-refractivity contribution in [1.82, 2.24) is 4.57 Å². The lowest BCUT2D eigenvalue weighted by Crippen LogP contribution is -2.04. The molecule has 0 spiro atoms. The monoisotopic (exact) mass is 261 g/mol. The number of aliphatic hydroxyl groups excluding tert-OH is 1. The Balaban J connectivity index is 2.61. The molecule has 2 N–H and O–H groups in total. The summed E-state index contributed by atoms with van der Waals surface area (Å²) in [5.41, 5.74) is 2.28. The Morgan fingerprint density at radius 1 is 1.37 bits per heavy atom. The summed E-state index contributed by atoms with van der Waals surface area (Å²) in [4.78, 5) is 11.3. The van der Waals surface area contributed by atoms with E-state index in [0.29, 0.717) is 18.5 Å². The number of aliphatic hydroxyl groups is 1. The van der Waals surface area contributed by atoms with Crippen molar-refractivity contribution >= 4 is 16.9 Å². The number of aromatic carboxylic acids is 1. The van der Waals surface area contributed by atoms with Crippen LogP contribution in [0.25, 0.3) is 10.9 Å². The number of fused-ring (bicyclic) bond motifs is 1. The molecule has 102 valence electrons. The van der Waals surface area contributed by atoms with Crippen molar-refractivity contribution in [3.05, 3.63) is 35.5 Å². The summed E-state index contributed by atoms with van der Waals surface area (Å²) in [6.45, 7) is 2.86. The number of benzene rings is 1. The first-order valence-electron chi connectivity index (χ1n) is 6.64. The summed E-state index contributed by atoms with van der Waals surface area (Å²) in [5, 5.41) is 19.3. The highest BCUT2D eigenvalue weighted by Crippen LogP contribution is 2.26. The van der Waals surface area contributed by atoms with Gasteiger partial charge in [-0.15, -0.1) is 0 Å². The van der Waals surface area contributed by atoms with Crippen LogP contribution in [-0.4, -0.2) is 27.4 Å². The number of carboxylic acid groups (broad SMARTS) is 1. The van der Waals surface area contributed by atoms with Crippen LogP contribution in [0.2, 0.25) is 0 Å². The third-order valence-corrected chi connectivity index (χ3v) is 3.29. The topological polar surface area (TPSA) is 62.5 Å². The van der Waals surface area contributed by atoms with Crippen LogP contribution < -0.4 is 0 Å².